The van der Waals surface area contributed by atoms with Crippen LogP contribution in [-0.2, 0) is 0 Å². The maximum atomic E-state index is 12.9. The summed E-state index contributed by atoms with van der Waals surface area (Å²) in [6.45, 7) is 7.47. The summed E-state index contributed by atoms with van der Waals surface area (Å²) in [5.41, 5.74) is 1.84. The quantitative estimate of drug-likeness (QED) is 0.548. The molecular weight excluding hydrogens is 434 g/mol. The number of amides is 1. The Morgan fingerprint density at radius 1 is 0.970 bits per heavy atom. The van der Waals surface area contributed by atoms with Crippen LogP contribution in [0.4, 0.5) is 5.69 Å². The van der Waals surface area contributed by atoms with Crippen molar-refractivity contribution in [2.75, 3.05) is 57.3 Å². The van der Waals surface area contributed by atoms with E-state index < -0.39 is 0 Å². The van der Waals surface area contributed by atoms with E-state index in [1.165, 1.54) is 32.4 Å². The zero-order valence-electron chi connectivity index (χ0n) is 19.3. The van der Waals surface area contributed by atoms with Crippen molar-refractivity contribution in [3.05, 3.63) is 59.1 Å². The lowest BCUT2D eigenvalue weighted by atomic mass is 10.0. The first-order valence-corrected chi connectivity index (χ1v) is 12.8. The van der Waals surface area contributed by atoms with E-state index in [1.807, 2.05) is 47.4 Å². The smallest absolute Gasteiger partial charge is 0.253 e. The Balaban J connectivity index is 1.04. The number of hydrogen-bond donors (Lipinski definition) is 0. The van der Waals surface area contributed by atoms with Crippen molar-refractivity contribution in [1.82, 2.24) is 9.80 Å². The second kappa shape index (κ2) is 10.4. The molecule has 2 atom stereocenters. The van der Waals surface area contributed by atoms with E-state index in [1.54, 1.807) is 0 Å². The van der Waals surface area contributed by atoms with Crippen LogP contribution in [0, 0.1) is 11.8 Å². The van der Waals surface area contributed by atoms with E-state index in [9.17, 15) is 4.79 Å². The lowest BCUT2D eigenvalue weighted by molar-refractivity contribution is 0.0746. The third kappa shape index (κ3) is 5.47. The monoisotopic (exact) mass is 467 g/mol. The predicted molar refractivity (Wildman–Crippen MR) is 133 cm³/mol. The number of hydrogen-bond acceptors (Lipinski definition) is 4. The van der Waals surface area contributed by atoms with Crippen molar-refractivity contribution in [2.24, 2.45) is 11.8 Å². The van der Waals surface area contributed by atoms with Gasteiger partial charge in [-0.25, -0.2) is 0 Å². The summed E-state index contributed by atoms with van der Waals surface area (Å²) in [7, 11) is 0. The number of carbonyl (C=O) groups excluding carboxylic acids is 1. The van der Waals surface area contributed by atoms with E-state index in [0.29, 0.717) is 13.1 Å². The Bertz CT molecular complexity index is 931. The molecule has 5 nitrogen and oxygen atoms in total. The van der Waals surface area contributed by atoms with Gasteiger partial charge in [-0.1, -0.05) is 24.1 Å². The van der Waals surface area contributed by atoms with Crippen LogP contribution in [0.15, 0.2) is 48.5 Å². The summed E-state index contributed by atoms with van der Waals surface area (Å²) >= 11 is 6.12. The number of likely N-dealkylation sites (tertiary alicyclic amines) is 1. The molecule has 33 heavy (non-hydrogen) atoms. The zero-order valence-corrected chi connectivity index (χ0v) is 20.1. The number of ether oxygens (including phenoxy) is 1. The van der Waals surface area contributed by atoms with Gasteiger partial charge in [0.25, 0.3) is 5.91 Å². The largest absolute Gasteiger partial charge is 0.494 e. The Labute approximate surface area is 202 Å². The number of halogens is 1. The van der Waals surface area contributed by atoms with Crippen LogP contribution in [0.1, 0.15) is 36.0 Å². The highest BCUT2D eigenvalue weighted by atomic mass is 35.5. The molecule has 0 radical (unpaired) electrons. The van der Waals surface area contributed by atoms with Gasteiger partial charge < -0.3 is 19.4 Å². The van der Waals surface area contributed by atoms with E-state index in [0.717, 1.165) is 66.5 Å². The van der Waals surface area contributed by atoms with Crippen molar-refractivity contribution in [3.8, 4) is 5.75 Å². The molecular formula is C27H34ClN3O2. The van der Waals surface area contributed by atoms with Crippen molar-refractivity contribution in [3.63, 3.8) is 0 Å². The van der Waals surface area contributed by atoms with Crippen molar-refractivity contribution >= 4 is 23.2 Å². The Kier molecular flexibility index (Phi) is 7.07. The number of fused-ring (bicyclic) bond motifs is 1. The second-order valence-corrected chi connectivity index (χ2v) is 10.1. The highest BCUT2D eigenvalue weighted by molar-refractivity contribution is 6.30. The van der Waals surface area contributed by atoms with Gasteiger partial charge >= 0.3 is 0 Å². The van der Waals surface area contributed by atoms with Gasteiger partial charge in [0.05, 0.1) is 6.61 Å². The molecule has 1 aliphatic carbocycles. The minimum Gasteiger partial charge on any atom is -0.494 e. The first-order valence-electron chi connectivity index (χ1n) is 12.4. The average Bonchev–Trinajstić information content (AvgIpc) is 3.44. The Morgan fingerprint density at radius 2 is 1.70 bits per heavy atom. The molecule has 0 N–H and O–H groups in total. The molecule has 2 saturated heterocycles. The van der Waals surface area contributed by atoms with Gasteiger partial charge in [-0.05, 0) is 73.6 Å². The van der Waals surface area contributed by atoms with Crippen molar-refractivity contribution in [2.45, 2.75) is 25.7 Å². The maximum Gasteiger partial charge on any atom is 0.253 e. The van der Waals surface area contributed by atoms with Crippen molar-refractivity contribution < 1.29 is 9.53 Å². The van der Waals surface area contributed by atoms with E-state index >= 15 is 0 Å². The molecule has 6 heteroatoms. The molecule has 0 aromatic heterocycles. The van der Waals surface area contributed by atoms with Gasteiger partial charge in [-0.2, -0.15) is 0 Å². The summed E-state index contributed by atoms with van der Waals surface area (Å²) in [5, 5.41) is 0.742. The molecule has 0 spiro atoms. The van der Waals surface area contributed by atoms with Gasteiger partial charge in [-0.15, -0.1) is 0 Å². The van der Waals surface area contributed by atoms with Gasteiger partial charge in [0, 0.05) is 62.1 Å². The molecule has 3 fully saturated rings. The molecule has 0 bridgehead atoms. The molecule has 5 rings (SSSR count). The van der Waals surface area contributed by atoms with Gasteiger partial charge in [0.15, 0.2) is 0 Å². The van der Waals surface area contributed by atoms with Crippen LogP contribution in [0.2, 0.25) is 5.02 Å². The molecule has 1 saturated carbocycles. The van der Waals surface area contributed by atoms with Gasteiger partial charge in [-0.3, -0.25) is 4.79 Å². The summed E-state index contributed by atoms with van der Waals surface area (Å²) in [5.74, 6) is 2.84. The predicted octanol–water partition coefficient (Wildman–Crippen LogP) is 4.80. The number of anilines is 1. The fourth-order valence-corrected chi connectivity index (χ4v) is 5.89. The van der Waals surface area contributed by atoms with Crippen LogP contribution in [-0.4, -0.2) is 68.1 Å². The number of carbonyl (C=O) groups is 1. The minimum absolute atomic E-state index is 0.0897. The third-order valence-corrected chi connectivity index (χ3v) is 7.77. The van der Waals surface area contributed by atoms with Crippen LogP contribution < -0.4 is 9.64 Å². The number of nitrogens with zero attached hydrogens (tertiary/aromatic N) is 3. The molecule has 2 heterocycles. The fourth-order valence-electron chi connectivity index (χ4n) is 5.71. The average molecular weight is 468 g/mol. The third-order valence-electron chi connectivity index (χ3n) is 7.53. The molecule has 2 aromatic carbocycles. The van der Waals surface area contributed by atoms with Crippen LogP contribution in [0.3, 0.4) is 0 Å². The van der Waals surface area contributed by atoms with Crippen LogP contribution >= 0.6 is 11.6 Å². The fraction of sp³-hybridized carbons (Fsp3) is 0.519. The first kappa shape index (κ1) is 22.5. The topological polar surface area (TPSA) is 36.0 Å². The molecule has 2 aromatic rings. The van der Waals surface area contributed by atoms with Crippen LogP contribution in [0.25, 0.3) is 0 Å². The molecule has 3 aliphatic rings. The van der Waals surface area contributed by atoms with Crippen LogP contribution in [0.5, 0.6) is 5.75 Å². The van der Waals surface area contributed by atoms with Crippen molar-refractivity contribution in [1.29, 1.82) is 0 Å². The lowest BCUT2D eigenvalue weighted by Gasteiger charge is -2.36. The lowest BCUT2D eigenvalue weighted by Crippen LogP contribution is -2.48. The molecule has 2 unspecified atom stereocenters. The van der Waals surface area contributed by atoms with Gasteiger partial charge in [0.1, 0.15) is 5.75 Å². The summed E-state index contributed by atoms with van der Waals surface area (Å²) < 4.78 is 5.94. The first-order chi connectivity index (χ1) is 16.2. The summed E-state index contributed by atoms with van der Waals surface area (Å²) in [6, 6.07) is 15.5. The number of rotatable bonds is 7. The molecule has 1 amide bonds. The SMILES string of the molecule is O=C(c1ccc(OCCCN2CC3CCCC3C2)cc1)N1CCN(c2cccc(Cl)c2)CC1. The zero-order chi connectivity index (χ0) is 22.6. The molecule has 176 valence electrons. The maximum absolute atomic E-state index is 12.9. The van der Waals surface area contributed by atoms with E-state index in [4.69, 9.17) is 16.3 Å². The second-order valence-electron chi connectivity index (χ2n) is 9.70. The Hall–Kier alpha value is -2.24. The standard InChI is InChI=1S/C27H34ClN3O2/c28-24-6-2-7-25(18-24)30-13-15-31(16-14-30)27(32)21-8-10-26(11-9-21)33-17-3-12-29-19-22-4-1-5-23(22)20-29/h2,6-11,18,22-23H,1,3-5,12-17,19-20H2. The molecule has 2 aliphatic heterocycles. The Morgan fingerprint density at radius 3 is 2.39 bits per heavy atom. The highest BCUT2D eigenvalue weighted by Gasteiger charge is 2.35. The number of benzene rings is 2. The summed E-state index contributed by atoms with van der Waals surface area (Å²) in [4.78, 5) is 19.8. The van der Waals surface area contributed by atoms with Gasteiger partial charge in [0.2, 0.25) is 0 Å². The number of piperazine rings is 1. The minimum atomic E-state index is 0.0897. The highest BCUT2D eigenvalue weighted by Crippen LogP contribution is 2.37. The van der Waals surface area contributed by atoms with E-state index in [2.05, 4.69) is 15.9 Å². The van der Waals surface area contributed by atoms with E-state index in [-0.39, 0.29) is 5.91 Å². The summed E-state index contributed by atoms with van der Waals surface area (Å²) in [6.07, 6.45) is 5.35. The normalized spacial score (nSPS) is 23.1.